The molecule has 0 saturated carbocycles. The third-order valence-corrected chi connectivity index (χ3v) is 1.94. The van der Waals surface area contributed by atoms with Gasteiger partial charge in [-0.2, -0.15) is 0 Å². The van der Waals surface area contributed by atoms with Gasteiger partial charge in [0, 0.05) is 24.3 Å². The van der Waals surface area contributed by atoms with E-state index < -0.39 is 0 Å². The maximum absolute atomic E-state index is 11.2. The molecule has 1 aromatic carbocycles. The monoisotopic (exact) mass is 198 g/mol. The van der Waals surface area contributed by atoms with E-state index in [1.165, 1.54) is 0 Å². The maximum atomic E-state index is 11.2. The number of aromatic hydroxyl groups is 1. The van der Waals surface area contributed by atoms with Gasteiger partial charge >= 0.3 is 0 Å². The smallest absolute Gasteiger partial charge is 0.138 e. The molecule has 0 aliphatic carbocycles. The van der Waals surface area contributed by atoms with Crippen molar-refractivity contribution in [2.24, 2.45) is 0 Å². The van der Waals surface area contributed by atoms with Gasteiger partial charge in [0.15, 0.2) is 0 Å². The number of carbonyl (C=O) groups excluding carboxylic acids is 1. The Kier molecular flexibility index (Phi) is 3.77. The average molecular weight is 199 g/mol. The first kappa shape index (κ1) is 10.1. The number of carbonyl (C=O) groups is 1. The lowest BCUT2D eigenvalue weighted by molar-refractivity contribution is -0.118. The van der Waals surface area contributed by atoms with Crippen LogP contribution < -0.4 is 0 Å². The molecule has 1 aromatic rings. The minimum atomic E-state index is 0.0523. The van der Waals surface area contributed by atoms with Crippen molar-refractivity contribution >= 4 is 17.4 Å². The SMILES string of the molecule is O=C(CCCl)Cc1ccccc1O. The third-order valence-electron chi connectivity index (χ3n) is 1.75. The molecule has 2 nitrogen and oxygen atoms in total. The van der Waals surface area contributed by atoms with Crippen LogP contribution in [0.5, 0.6) is 5.75 Å². The number of alkyl halides is 1. The van der Waals surface area contributed by atoms with Gasteiger partial charge in [-0.1, -0.05) is 18.2 Å². The van der Waals surface area contributed by atoms with Crippen molar-refractivity contribution in [3.05, 3.63) is 29.8 Å². The Morgan fingerprint density at radius 1 is 1.38 bits per heavy atom. The van der Waals surface area contributed by atoms with Crippen LogP contribution in [0.25, 0.3) is 0 Å². The van der Waals surface area contributed by atoms with Gasteiger partial charge in [-0.25, -0.2) is 0 Å². The van der Waals surface area contributed by atoms with Crippen LogP contribution in [-0.4, -0.2) is 16.8 Å². The zero-order valence-corrected chi connectivity index (χ0v) is 7.92. The molecular weight excluding hydrogens is 188 g/mol. The molecule has 1 rings (SSSR count). The highest BCUT2D eigenvalue weighted by Crippen LogP contribution is 2.16. The van der Waals surface area contributed by atoms with Crippen molar-refractivity contribution in [2.75, 3.05) is 5.88 Å². The van der Waals surface area contributed by atoms with Gasteiger partial charge in [-0.3, -0.25) is 4.79 Å². The van der Waals surface area contributed by atoms with Crippen LogP contribution >= 0.6 is 11.6 Å². The van der Waals surface area contributed by atoms with Gasteiger partial charge in [-0.15, -0.1) is 11.6 Å². The van der Waals surface area contributed by atoms with E-state index in [4.69, 9.17) is 11.6 Å². The molecule has 0 radical (unpaired) electrons. The number of phenolic OH excluding ortho intramolecular Hbond substituents is 1. The van der Waals surface area contributed by atoms with Crippen LogP contribution in [0.4, 0.5) is 0 Å². The standard InChI is InChI=1S/C10H11ClO2/c11-6-5-9(12)7-8-3-1-2-4-10(8)13/h1-4,13H,5-7H2. The Hall–Kier alpha value is -1.02. The van der Waals surface area contributed by atoms with Crippen molar-refractivity contribution in [1.82, 2.24) is 0 Å². The zero-order chi connectivity index (χ0) is 9.68. The first-order valence-electron chi connectivity index (χ1n) is 4.08. The number of phenols is 1. The van der Waals surface area contributed by atoms with Gasteiger partial charge in [0.25, 0.3) is 0 Å². The second-order valence-electron chi connectivity index (χ2n) is 2.78. The van der Waals surface area contributed by atoms with Gasteiger partial charge in [-0.05, 0) is 6.07 Å². The van der Waals surface area contributed by atoms with Crippen LogP contribution in [0.2, 0.25) is 0 Å². The van der Waals surface area contributed by atoms with E-state index in [0.717, 1.165) is 0 Å². The van der Waals surface area contributed by atoms with Crippen molar-refractivity contribution in [1.29, 1.82) is 0 Å². The summed E-state index contributed by atoms with van der Waals surface area (Å²) in [5.74, 6) is 0.564. The number of Topliss-reactive ketones (excluding diaryl/α,β-unsaturated/α-hetero) is 1. The van der Waals surface area contributed by atoms with Crippen molar-refractivity contribution in [3.8, 4) is 5.75 Å². The molecule has 0 heterocycles. The second-order valence-corrected chi connectivity index (χ2v) is 3.16. The fraction of sp³-hybridized carbons (Fsp3) is 0.300. The minimum absolute atomic E-state index is 0.0523. The number of ketones is 1. The Morgan fingerprint density at radius 2 is 2.08 bits per heavy atom. The number of benzene rings is 1. The van der Waals surface area contributed by atoms with Gasteiger partial charge < -0.3 is 5.11 Å². The highest BCUT2D eigenvalue weighted by Gasteiger charge is 2.05. The van der Waals surface area contributed by atoms with Crippen LogP contribution in [0.15, 0.2) is 24.3 Å². The molecule has 0 spiro atoms. The molecule has 0 aliphatic heterocycles. The van der Waals surface area contributed by atoms with E-state index in [1.807, 2.05) is 0 Å². The van der Waals surface area contributed by atoms with E-state index >= 15 is 0 Å². The Labute approximate surface area is 82.2 Å². The Bertz CT molecular complexity index is 297. The molecule has 0 bridgehead atoms. The van der Waals surface area contributed by atoms with Gasteiger partial charge in [0.1, 0.15) is 11.5 Å². The molecule has 0 aliphatic rings. The fourth-order valence-electron chi connectivity index (χ4n) is 1.07. The molecule has 3 heteroatoms. The molecule has 0 amide bonds. The molecule has 0 aromatic heterocycles. The summed E-state index contributed by atoms with van der Waals surface area (Å²) in [6.07, 6.45) is 0.620. The average Bonchev–Trinajstić information content (AvgIpc) is 2.09. The summed E-state index contributed by atoms with van der Waals surface area (Å²) in [6, 6.07) is 6.83. The maximum Gasteiger partial charge on any atom is 0.138 e. The van der Waals surface area contributed by atoms with Gasteiger partial charge in [0.05, 0.1) is 0 Å². The predicted molar refractivity (Wildman–Crippen MR) is 52.2 cm³/mol. The lowest BCUT2D eigenvalue weighted by Gasteiger charge is -2.01. The number of hydrogen-bond donors (Lipinski definition) is 1. The highest BCUT2D eigenvalue weighted by molar-refractivity contribution is 6.19. The van der Waals surface area contributed by atoms with E-state index in [1.54, 1.807) is 24.3 Å². The van der Waals surface area contributed by atoms with Crippen molar-refractivity contribution < 1.29 is 9.90 Å². The van der Waals surface area contributed by atoms with E-state index in [9.17, 15) is 9.90 Å². The first-order valence-corrected chi connectivity index (χ1v) is 4.62. The third kappa shape index (κ3) is 3.07. The normalized spacial score (nSPS) is 9.92. The van der Waals surface area contributed by atoms with E-state index in [0.29, 0.717) is 17.9 Å². The molecule has 0 fully saturated rings. The highest BCUT2D eigenvalue weighted by atomic mass is 35.5. The summed E-state index contributed by atoms with van der Waals surface area (Å²) >= 11 is 5.42. The predicted octanol–water partition coefficient (Wildman–Crippen LogP) is 2.13. The molecular formula is C10H11ClO2. The van der Waals surface area contributed by atoms with Crippen LogP contribution in [0.1, 0.15) is 12.0 Å². The lowest BCUT2D eigenvalue weighted by atomic mass is 10.1. The first-order chi connectivity index (χ1) is 6.24. The summed E-state index contributed by atoms with van der Waals surface area (Å²) in [4.78, 5) is 11.2. The van der Waals surface area contributed by atoms with E-state index in [2.05, 4.69) is 0 Å². The molecule has 0 atom stereocenters. The summed E-state index contributed by atoms with van der Waals surface area (Å²) in [5, 5.41) is 9.34. The summed E-state index contributed by atoms with van der Waals surface area (Å²) in [7, 11) is 0. The summed E-state index contributed by atoms with van der Waals surface area (Å²) < 4.78 is 0. The Balaban J connectivity index is 2.63. The molecule has 0 unspecified atom stereocenters. The molecule has 13 heavy (non-hydrogen) atoms. The quantitative estimate of drug-likeness (QED) is 0.753. The number of halogens is 1. The second kappa shape index (κ2) is 4.87. The summed E-state index contributed by atoms with van der Waals surface area (Å²) in [5.41, 5.74) is 0.664. The summed E-state index contributed by atoms with van der Waals surface area (Å²) in [6.45, 7) is 0. The molecule has 0 saturated heterocycles. The van der Waals surface area contributed by atoms with Crippen molar-refractivity contribution in [3.63, 3.8) is 0 Å². The van der Waals surface area contributed by atoms with E-state index in [-0.39, 0.29) is 18.0 Å². The fourth-order valence-corrected chi connectivity index (χ4v) is 1.28. The number of hydrogen-bond acceptors (Lipinski definition) is 2. The van der Waals surface area contributed by atoms with Crippen molar-refractivity contribution in [2.45, 2.75) is 12.8 Å². The minimum Gasteiger partial charge on any atom is -0.508 e. The number of rotatable bonds is 4. The van der Waals surface area contributed by atoms with Crippen LogP contribution in [-0.2, 0) is 11.2 Å². The lowest BCUT2D eigenvalue weighted by Crippen LogP contribution is -2.03. The van der Waals surface area contributed by atoms with Crippen LogP contribution in [0, 0.1) is 0 Å². The zero-order valence-electron chi connectivity index (χ0n) is 7.16. The largest absolute Gasteiger partial charge is 0.508 e. The molecule has 70 valence electrons. The Morgan fingerprint density at radius 3 is 2.69 bits per heavy atom. The van der Waals surface area contributed by atoms with Gasteiger partial charge in [0.2, 0.25) is 0 Å². The molecule has 1 N–H and O–H groups in total. The topological polar surface area (TPSA) is 37.3 Å². The number of para-hydroxylation sites is 1. The van der Waals surface area contributed by atoms with Crippen LogP contribution in [0.3, 0.4) is 0 Å².